The second-order valence-corrected chi connectivity index (χ2v) is 3.74. The van der Waals surface area contributed by atoms with Gasteiger partial charge in [-0.15, -0.1) is 0 Å². The Morgan fingerprint density at radius 3 is 2.79 bits per heavy atom. The van der Waals surface area contributed by atoms with E-state index in [1.807, 2.05) is 0 Å². The van der Waals surface area contributed by atoms with Crippen LogP contribution in [0.1, 0.15) is 43.2 Å². The SMILES string of the molecule is CCCCC1C=Cc2ccccc21.[Hf]. The summed E-state index contributed by atoms with van der Waals surface area (Å²) in [6.07, 6.45) is 8.55. The Kier molecular flexibility index (Phi) is 4.80. The molecule has 0 saturated carbocycles. The summed E-state index contributed by atoms with van der Waals surface area (Å²) >= 11 is 0. The molecule has 0 fully saturated rings. The van der Waals surface area contributed by atoms with Crippen LogP contribution in [0.2, 0.25) is 0 Å². The fraction of sp³-hybridized carbons (Fsp3) is 0.385. The molecule has 1 heteroatoms. The van der Waals surface area contributed by atoms with Crippen LogP contribution in [0.4, 0.5) is 0 Å². The van der Waals surface area contributed by atoms with Gasteiger partial charge in [0.2, 0.25) is 0 Å². The Morgan fingerprint density at radius 2 is 2.00 bits per heavy atom. The summed E-state index contributed by atoms with van der Waals surface area (Å²) in [6, 6.07) is 8.73. The molecule has 0 N–H and O–H groups in total. The quantitative estimate of drug-likeness (QED) is 0.723. The standard InChI is InChI=1S/C13H16.Hf/c1-2-3-6-11-9-10-12-7-4-5-8-13(11)12;/h4-5,7-11H,2-3,6H2,1H3;. The van der Waals surface area contributed by atoms with Crippen LogP contribution in [0.15, 0.2) is 30.3 Å². The minimum Gasteiger partial charge on any atom is -0.0764 e. The second-order valence-electron chi connectivity index (χ2n) is 3.74. The van der Waals surface area contributed by atoms with Gasteiger partial charge >= 0.3 is 0 Å². The van der Waals surface area contributed by atoms with Crippen LogP contribution in [0.25, 0.3) is 6.08 Å². The zero-order valence-electron chi connectivity index (χ0n) is 8.66. The van der Waals surface area contributed by atoms with E-state index in [0.29, 0.717) is 5.92 Å². The van der Waals surface area contributed by atoms with Crippen molar-refractivity contribution in [3.8, 4) is 0 Å². The molecule has 0 aromatic heterocycles. The molecule has 0 aliphatic heterocycles. The number of hydrogen-bond donors (Lipinski definition) is 0. The predicted molar refractivity (Wildman–Crippen MR) is 57.7 cm³/mol. The minimum absolute atomic E-state index is 0. The van der Waals surface area contributed by atoms with E-state index in [2.05, 4.69) is 43.3 Å². The molecule has 14 heavy (non-hydrogen) atoms. The van der Waals surface area contributed by atoms with Gasteiger partial charge in [0.1, 0.15) is 0 Å². The summed E-state index contributed by atoms with van der Waals surface area (Å²) in [5, 5.41) is 0. The molecule has 1 atom stereocenters. The Hall–Kier alpha value is -0.170. The van der Waals surface area contributed by atoms with Crippen molar-refractivity contribution in [1.82, 2.24) is 0 Å². The van der Waals surface area contributed by atoms with Crippen LogP contribution in [-0.4, -0.2) is 0 Å². The molecule has 1 unspecified atom stereocenters. The van der Waals surface area contributed by atoms with Crippen molar-refractivity contribution in [3.05, 3.63) is 41.5 Å². The summed E-state index contributed by atoms with van der Waals surface area (Å²) in [7, 11) is 0. The van der Waals surface area contributed by atoms with Crippen LogP contribution < -0.4 is 0 Å². The summed E-state index contributed by atoms with van der Waals surface area (Å²) in [5.41, 5.74) is 2.94. The van der Waals surface area contributed by atoms with Gasteiger partial charge in [0.15, 0.2) is 0 Å². The van der Waals surface area contributed by atoms with Crippen molar-refractivity contribution in [3.63, 3.8) is 0 Å². The van der Waals surface area contributed by atoms with E-state index in [9.17, 15) is 0 Å². The third-order valence-corrected chi connectivity index (χ3v) is 2.77. The fourth-order valence-electron chi connectivity index (χ4n) is 2.00. The Labute approximate surface area is 105 Å². The average molecular weight is 351 g/mol. The van der Waals surface area contributed by atoms with E-state index >= 15 is 0 Å². The Bertz CT molecular complexity index is 315. The maximum atomic E-state index is 2.35. The van der Waals surface area contributed by atoms with Crippen molar-refractivity contribution in [2.24, 2.45) is 0 Å². The summed E-state index contributed by atoms with van der Waals surface area (Å²) in [5.74, 6) is 0.691. The summed E-state index contributed by atoms with van der Waals surface area (Å²) < 4.78 is 0. The smallest absolute Gasteiger partial charge is 0.00272 e. The molecule has 1 aromatic carbocycles. The van der Waals surface area contributed by atoms with E-state index in [1.165, 1.54) is 30.4 Å². The van der Waals surface area contributed by atoms with E-state index in [0.717, 1.165) is 0 Å². The second kappa shape index (κ2) is 5.65. The van der Waals surface area contributed by atoms with E-state index in [-0.39, 0.29) is 25.8 Å². The number of allylic oxidation sites excluding steroid dienone is 1. The molecule has 0 amide bonds. The Morgan fingerprint density at radius 1 is 1.21 bits per heavy atom. The van der Waals surface area contributed by atoms with Gasteiger partial charge in [0.25, 0.3) is 0 Å². The molecule has 1 aliphatic carbocycles. The van der Waals surface area contributed by atoms with Crippen LogP contribution in [0.5, 0.6) is 0 Å². The van der Waals surface area contributed by atoms with Gasteiger partial charge < -0.3 is 0 Å². The normalized spacial score (nSPS) is 17.6. The fourth-order valence-corrected chi connectivity index (χ4v) is 2.00. The van der Waals surface area contributed by atoms with Gasteiger partial charge in [-0.2, -0.15) is 0 Å². The zero-order valence-corrected chi connectivity index (χ0v) is 12.3. The zero-order chi connectivity index (χ0) is 9.10. The van der Waals surface area contributed by atoms with Gasteiger partial charge in [0, 0.05) is 31.8 Å². The molecular formula is C13H16Hf. The van der Waals surface area contributed by atoms with E-state index in [1.54, 1.807) is 0 Å². The Balaban J connectivity index is 0.000000980. The van der Waals surface area contributed by atoms with Crippen molar-refractivity contribution >= 4 is 6.08 Å². The van der Waals surface area contributed by atoms with Gasteiger partial charge in [0.05, 0.1) is 0 Å². The number of hydrogen-bond acceptors (Lipinski definition) is 0. The average Bonchev–Trinajstić information content (AvgIpc) is 2.58. The molecule has 0 heterocycles. The summed E-state index contributed by atoms with van der Waals surface area (Å²) in [6.45, 7) is 2.25. The third-order valence-electron chi connectivity index (χ3n) is 2.77. The predicted octanol–water partition coefficient (Wildman–Crippen LogP) is 3.98. The van der Waals surface area contributed by atoms with Crippen molar-refractivity contribution in [2.75, 3.05) is 0 Å². The van der Waals surface area contributed by atoms with E-state index in [4.69, 9.17) is 0 Å². The molecule has 1 aromatic rings. The minimum atomic E-state index is 0. The van der Waals surface area contributed by atoms with Crippen LogP contribution in [0.3, 0.4) is 0 Å². The molecule has 0 radical (unpaired) electrons. The number of rotatable bonds is 3. The molecule has 72 valence electrons. The largest absolute Gasteiger partial charge is 0.0764 e. The van der Waals surface area contributed by atoms with Gasteiger partial charge in [-0.3, -0.25) is 0 Å². The van der Waals surface area contributed by atoms with Crippen LogP contribution in [-0.2, 0) is 25.8 Å². The first-order valence-electron chi connectivity index (χ1n) is 5.19. The van der Waals surface area contributed by atoms with Crippen LogP contribution in [0, 0.1) is 0 Å². The molecule has 0 spiro atoms. The molecule has 2 rings (SSSR count). The van der Waals surface area contributed by atoms with Gasteiger partial charge in [-0.05, 0) is 17.5 Å². The van der Waals surface area contributed by atoms with Crippen molar-refractivity contribution in [1.29, 1.82) is 0 Å². The molecule has 0 bridgehead atoms. The summed E-state index contributed by atoms with van der Waals surface area (Å²) in [4.78, 5) is 0. The van der Waals surface area contributed by atoms with Gasteiger partial charge in [-0.25, -0.2) is 0 Å². The third kappa shape index (κ3) is 2.44. The number of benzene rings is 1. The first-order chi connectivity index (χ1) is 6.42. The van der Waals surface area contributed by atoms with E-state index < -0.39 is 0 Å². The first kappa shape index (κ1) is 11.9. The molecule has 1 aliphatic rings. The maximum Gasteiger partial charge on any atom is 0.00272 e. The molecular weight excluding hydrogens is 335 g/mol. The molecule has 0 saturated heterocycles. The van der Waals surface area contributed by atoms with Crippen LogP contribution >= 0.6 is 0 Å². The van der Waals surface area contributed by atoms with Crippen molar-refractivity contribution in [2.45, 2.75) is 32.1 Å². The maximum absolute atomic E-state index is 2.35. The topological polar surface area (TPSA) is 0 Å². The number of fused-ring (bicyclic) bond motifs is 1. The molecule has 0 nitrogen and oxygen atoms in total. The first-order valence-corrected chi connectivity index (χ1v) is 5.19. The van der Waals surface area contributed by atoms with Gasteiger partial charge in [-0.1, -0.05) is 56.2 Å². The van der Waals surface area contributed by atoms with Crippen molar-refractivity contribution < 1.29 is 25.8 Å². The monoisotopic (exact) mass is 352 g/mol. The number of unbranched alkanes of at least 4 members (excludes halogenated alkanes) is 1.